The molecular formula is C17H16N2OS. The third kappa shape index (κ3) is 2.95. The number of fused-ring (bicyclic) bond motifs is 1. The van der Waals surface area contributed by atoms with Gasteiger partial charge >= 0.3 is 0 Å². The summed E-state index contributed by atoms with van der Waals surface area (Å²) in [5.74, 6) is -0.0498. The van der Waals surface area contributed by atoms with Gasteiger partial charge in [-0.3, -0.25) is 4.79 Å². The van der Waals surface area contributed by atoms with Crippen molar-refractivity contribution in [3.8, 4) is 0 Å². The molecule has 0 aliphatic carbocycles. The Hall–Kier alpha value is -2.20. The lowest BCUT2D eigenvalue weighted by Gasteiger charge is -2.05. The summed E-state index contributed by atoms with van der Waals surface area (Å²) < 4.78 is 0. The number of thiazole rings is 1. The van der Waals surface area contributed by atoms with E-state index in [2.05, 4.69) is 10.3 Å². The number of hydrogen-bond donors (Lipinski definition) is 1. The second-order valence-electron chi connectivity index (χ2n) is 4.99. The van der Waals surface area contributed by atoms with Gasteiger partial charge in [0.05, 0.1) is 17.2 Å². The van der Waals surface area contributed by atoms with Crippen molar-refractivity contribution in [3.05, 3.63) is 63.6 Å². The summed E-state index contributed by atoms with van der Waals surface area (Å²) in [6.45, 7) is 4.48. The topological polar surface area (TPSA) is 42.0 Å². The van der Waals surface area contributed by atoms with Crippen LogP contribution in [0.5, 0.6) is 0 Å². The summed E-state index contributed by atoms with van der Waals surface area (Å²) in [6.07, 6.45) is 0. The predicted octanol–water partition coefficient (Wildman–Crippen LogP) is 3.84. The first kappa shape index (κ1) is 13.8. The zero-order valence-electron chi connectivity index (χ0n) is 12.0. The summed E-state index contributed by atoms with van der Waals surface area (Å²) in [6, 6.07) is 13.8. The fourth-order valence-electron chi connectivity index (χ4n) is 2.33. The number of carbonyl (C=O) groups is 1. The molecule has 1 amide bonds. The molecule has 0 fully saturated rings. The maximum Gasteiger partial charge on any atom is 0.251 e. The molecule has 1 aromatic heterocycles. The van der Waals surface area contributed by atoms with E-state index in [4.69, 9.17) is 0 Å². The number of amides is 1. The van der Waals surface area contributed by atoms with Crippen molar-refractivity contribution in [3.63, 3.8) is 0 Å². The molecule has 0 aliphatic heterocycles. The standard InChI is InChI=1S/C17H16N2OS/c1-11-16(21-12(2)19-11)10-18-17(20)15-8-7-13-5-3-4-6-14(13)9-15/h3-9H,10H2,1-2H3,(H,18,20). The number of hydrogen-bond acceptors (Lipinski definition) is 3. The second kappa shape index (κ2) is 5.66. The Morgan fingerprint density at radius 2 is 1.90 bits per heavy atom. The first-order valence-corrected chi connectivity index (χ1v) is 7.65. The lowest BCUT2D eigenvalue weighted by molar-refractivity contribution is 0.0951. The van der Waals surface area contributed by atoms with Crippen LogP contribution in [0.15, 0.2) is 42.5 Å². The van der Waals surface area contributed by atoms with Crippen LogP contribution in [0.2, 0.25) is 0 Å². The van der Waals surface area contributed by atoms with E-state index in [0.717, 1.165) is 26.4 Å². The number of aryl methyl sites for hydroxylation is 2. The van der Waals surface area contributed by atoms with Gasteiger partial charge < -0.3 is 5.32 Å². The fraction of sp³-hybridized carbons (Fsp3) is 0.176. The minimum atomic E-state index is -0.0498. The third-order valence-corrected chi connectivity index (χ3v) is 4.49. The van der Waals surface area contributed by atoms with Crippen molar-refractivity contribution in [2.45, 2.75) is 20.4 Å². The maximum absolute atomic E-state index is 12.3. The number of aromatic nitrogens is 1. The Labute approximate surface area is 127 Å². The van der Waals surface area contributed by atoms with Gasteiger partial charge in [0.15, 0.2) is 0 Å². The minimum absolute atomic E-state index is 0.0498. The second-order valence-corrected chi connectivity index (χ2v) is 6.27. The summed E-state index contributed by atoms with van der Waals surface area (Å²) >= 11 is 1.63. The average Bonchev–Trinajstić information content (AvgIpc) is 2.82. The van der Waals surface area contributed by atoms with Gasteiger partial charge in [-0.25, -0.2) is 4.98 Å². The smallest absolute Gasteiger partial charge is 0.251 e. The molecule has 4 heteroatoms. The molecule has 0 spiro atoms. The van der Waals surface area contributed by atoms with E-state index in [1.54, 1.807) is 11.3 Å². The van der Waals surface area contributed by atoms with Gasteiger partial charge in [-0.15, -0.1) is 11.3 Å². The molecule has 1 N–H and O–H groups in total. The molecule has 3 aromatic rings. The highest BCUT2D eigenvalue weighted by atomic mass is 32.1. The van der Waals surface area contributed by atoms with E-state index in [9.17, 15) is 4.79 Å². The monoisotopic (exact) mass is 296 g/mol. The number of nitrogens with one attached hydrogen (secondary N) is 1. The van der Waals surface area contributed by atoms with Gasteiger partial charge in [-0.2, -0.15) is 0 Å². The molecule has 0 saturated heterocycles. The normalized spacial score (nSPS) is 10.8. The van der Waals surface area contributed by atoms with Gasteiger partial charge in [0.2, 0.25) is 0 Å². The third-order valence-electron chi connectivity index (χ3n) is 3.42. The lowest BCUT2D eigenvalue weighted by Crippen LogP contribution is -2.22. The highest BCUT2D eigenvalue weighted by Gasteiger charge is 2.09. The quantitative estimate of drug-likeness (QED) is 0.798. The van der Waals surface area contributed by atoms with Crippen LogP contribution in [-0.2, 0) is 6.54 Å². The van der Waals surface area contributed by atoms with Gasteiger partial charge in [-0.1, -0.05) is 30.3 Å². The summed E-state index contributed by atoms with van der Waals surface area (Å²) in [7, 11) is 0. The van der Waals surface area contributed by atoms with Crippen LogP contribution >= 0.6 is 11.3 Å². The van der Waals surface area contributed by atoms with E-state index in [0.29, 0.717) is 12.1 Å². The number of carbonyl (C=O) groups excluding carboxylic acids is 1. The zero-order valence-corrected chi connectivity index (χ0v) is 12.8. The van der Waals surface area contributed by atoms with Crippen LogP contribution in [0.3, 0.4) is 0 Å². The van der Waals surface area contributed by atoms with Crippen molar-refractivity contribution in [2.24, 2.45) is 0 Å². The van der Waals surface area contributed by atoms with Gasteiger partial charge in [-0.05, 0) is 36.8 Å². The first-order chi connectivity index (χ1) is 10.1. The van der Waals surface area contributed by atoms with Gasteiger partial charge in [0.25, 0.3) is 5.91 Å². The Morgan fingerprint density at radius 3 is 2.62 bits per heavy atom. The largest absolute Gasteiger partial charge is 0.347 e. The van der Waals surface area contributed by atoms with E-state index in [1.165, 1.54) is 0 Å². The molecule has 106 valence electrons. The van der Waals surface area contributed by atoms with E-state index >= 15 is 0 Å². The van der Waals surface area contributed by atoms with Crippen molar-refractivity contribution in [2.75, 3.05) is 0 Å². The Balaban J connectivity index is 1.76. The van der Waals surface area contributed by atoms with Crippen LogP contribution in [0.25, 0.3) is 10.8 Å². The Bertz CT molecular complexity index is 807. The predicted molar refractivity (Wildman–Crippen MR) is 86.7 cm³/mol. The summed E-state index contributed by atoms with van der Waals surface area (Å²) in [4.78, 5) is 17.7. The van der Waals surface area contributed by atoms with Crippen LogP contribution < -0.4 is 5.32 Å². The first-order valence-electron chi connectivity index (χ1n) is 6.83. The molecule has 0 bridgehead atoms. The SMILES string of the molecule is Cc1nc(C)c(CNC(=O)c2ccc3ccccc3c2)s1. The molecular weight excluding hydrogens is 280 g/mol. The molecule has 21 heavy (non-hydrogen) atoms. The van der Waals surface area contributed by atoms with E-state index in [1.807, 2.05) is 56.3 Å². The van der Waals surface area contributed by atoms with Crippen LogP contribution in [0.4, 0.5) is 0 Å². The molecule has 3 rings (SSSR count). The molecule has 0 radical (unpaired) electrons. The van der Waals surface area contributed by atoms with Crippen molar-refractivity contribution >= 4 is 28.0 Å². The van der Waals surface area contributed by atoms with Crippen LogP contribution in [0, 0.1) is 13.8 Å². The highest BCUT2D eigenvalue weighted by molar-refractivity contribution is 7.11. The van der Waals surface area contributed by atoms with Crippen LogP contribution in [0.1, 0.15) is 25.9 Å². The maximum atomic E-state index is 12.3. The summed E-state index contributed by atoms with van der Waals surface area (Å²) in [5.41, 5.74) is 1.68. The van der Waals surface area contributed by atoms with Crippen LogP contribution in [-0.4, -0.2) is 10.9 Å². The summed E-state index contributed by atoms with van der Waals surface area (Å²) in [5, 5.41) is 6.22. The van der Waals surface area contributed by atoms with Crippen molar-refractivity contribution < 1.29 is 4.79 Å². The Morgan fingerprint density at radius 1 is 1.14 bits per heavy atom. The fourth-order valence-corrected chi connectivity index (χ4v) is 3.21. The molecule has 0 aliphatic rings. The molecule has 2 aromatic carbocycles. The molecule has 3 nitrogen and oxygen atoms in total. The molecule has 0 saturated carbocycles. The van der Waals surface area contributed by atoms with Gasteiger partial charge in [0, 0.05) is 10.4 Å². The lowest BCUT2D eigenvalue weighted by atomic mass is 10.1. The minimum Gasteiger partial charge on any atom is -0.347 e. The zero-order chi connectivity index (χ0) is 14.8. The van der Waals surface area contributed by atoms with Crippen molar-refractivity contribution in [1.82, 2.24) is 10.3 Å². The number of rotatable bonds is 3. The molecule has 0 unspecified atom stereocenters. The van der Waals surface area contributed by atoms with Crippen molar-refractivity contribution in [1.29, 1.82) is 0 Å². The van der Waals surface area contributed by atoms with E-state index < -0.39 is 0 Å². The average molecular weight is 296 g/mol. The van der Waals surface area contributed by atoms with E-state index in [-0.39, 0.29) is 5.91 Å². The Kier molecular flexibility index (Phi) is 3.71. The highest BCUT2D eigenvalue weighted by Crippen LogP contribution is 2.18. The van der Waals surface area contributed by atoms with Gasteiger partial charge in [0.1, 0.15) is 0 Å². The number of benzene rings is 2. The molecule has 0 atom stereocenters. The number of nitrogens with zero attached hydrogens (tertiary/aromatic N) is 1. The molecule has 1 heterocycles.